The van der Waals surface area contributed by atoms with Gasteiger partial charge in [-0.15, -0.1) is 0 Å². The molecule has 1 aliphatic heterocycles. The average molecular weight is 283 g/mol. The third kappa shape index (κ3) is 1.95. The van der Waals surface area contributed by atoms with Crippen molar-refractivity contribution >= 4 is 17.1 Å². The number of hydrogen-bond acceptors (Lipinski definition) is 5. The monoisotopic (exact) mass is 283 g/mol. The molecule has 4 rings (SSSR count). The van der Waals surface area contributed by atoms with Gasteiger partial charge in [-0.3, -0.25) is 9.89 Å². The van der Waals surface area contributed by atoms with Crippen LogP contribution in [0.3, 0.4) is 0 Å². The van der Waals surface area contributed by atoms with E-state index < -0.39 is 0 Å². The molecule has 4 heterocycles. The maximum Gasteiger partial charge on any atom is 0.256 e. The van der Waals surface area contributed by atoms with Crippen LogP contribution in [0.2, 0.25) is 0 Å². The van der Waals surface area contributed by atoms with Crippen molar-refractivity contribution in [2.24, 2.45) is 0 Å². The number of carbonyl (C=O) groups is 1. The molecule has 8 heteroatoms. The Kier molecular flexibility index (Phi) is 2.66. The summed E-state index contributed by atoms with van der Waals surface area (Å²) in [6, 6.07) is 1.73. The van der Waals surface area contributed by atoms with E-state index in [1.54, 1.807) is 18.6 Å². The lowest BCUT2D eigenvalue weighted by Gasteiger charge is -2.16. The normalized spacial score (nSPS) is 18.5. The fourth-order valence-corrected chi connectivity index (χ4v) is 2.78. The van der Waals surface area contributed by atoms with Gasteiger partial charge in [-0.1, -0.05) is 0 Å². The van der Waals surface area contributed by atoms with E-state index in [0.29, 0.717) is 29.8 Å². The summed E-state index contributed by atoms with van der Waals surface area (Å²) in [6.07, 6.45) is 5.55. The minimum atomic E-state index is -0.00587. The molecule has 2 N–H and O–H groups in total. The van der Waals surface area contributed by atoms with Crippen LogP contribution in [-0.4, -0.2) is 54.0 Å². The number of aromatic amines is 2. The smallest absolute Gasteiger partial charge is 0.256 e. The molecule has 3 aromatic heterocycles. The van der Waals surface area contributed by atoms with E-state index >= 15 is 0 Å². The Balaban J connectivity index is 1.60. The van der Waals surface area contributed by atoms with Crippen molar-refractivity contribution in [2.45, 2.75) is 12.3 Å². The summed E-state index contributed by atoms with van der Waals surface area (Å²) >= 11 is 0. The van der Waals surface area contributed by atoms with Gasteiger partial charge < -0.3 is 9.88 Å². The Labute approximate surface area is 119 Å². The molecule has 0 aromatic carbocycles. The predicted octanol–water partition coefficient (Wildman–Crippen LogP) is 0.706. The zero-order chi connectivity index (χ0) is 14.2. The first-order chi connectivity index (χ1) is 10.3. The number of aromatic nitrogens is 6. The Hall–Kier alpha value is -2.77. The zero-order valence-corrected chi connectivity index (χ0v) is 11.2. The summed E-state index contributed by atoms with van der Waals surface area (Å²) in [5, 5.41) is 6.75. The summed E-state index contributed by atoms with van der Waals surface area (Å²) in [7, 11) is 0. The van der Waals surface area contributed by atoms with Crippen molar-refractivity contribution in [3.63, 3.8) is 0 Å². The molecule has 1 unspecified atom stereocenters. The molecule has 1 atom stereocenters. The minimum absolute atomic E-state index is 0.00587. The van der Waals surface area contributed by atoms with Gasteiger partial charge in [-0.25, -0.2) is 15.0 Å². The number of H-pyrrole nitrogens is 2. The maximum atomic E-state index is 12.7. The fourth-order valence-electron chi connectivity index (χ4n) is 2.78. The van der Waals surface area contributed by atoms with E-state index in [4.69, 9.17) is 0 Å². The van der Waals surface area contributed by atoms with Gasteiger partial charge in [0.15, 0.2) is 5.65 Å². The number of fused-ring (bicyclic) bond motifs is 1. The minimum Gasteiger partial charge on any atom is -0.343 e. The Morgan fingerprint density at radius 3 is 3.14 bits per heavy atom. The summed E-state index contributed by atoms with van der Waals surface area (Å²) in [5.74, 6) is 1.05. The third-order valence-electron chi connectivity index (χ3n) is 3.85. The van der Waals surface area contributed by atoms with E-state index in [1.807, 2.05) is 4.90 Å². The molecule has 0 aliphatic carbocycles. The molecule has 106 valence electrons. The van der Waals surface area contributed by atoms with E-state index in [0.717, 1.165) is 12.2 Å². The highest BCUT2D eigenvalue weighted by Gasteiger charge is 2.30. The molecule has 8 nitrogen and oxygen atoms in total. The maximum absolute atomic E-state index is 12.7. The molecule has 1 saturated heterocycles. The van der Waals surface area contributed by atoms with Crippen molar-refractivity contribution < 1.29 is 4.79 Å². The van der Waals surface area contributed by atoms with Crippen molar-refractivity contribution in [3.8, 4) is 0 Å². The van der Waals surface area contributed by atoms with Crippen LogP contribution < -0.4 is 0 Å². The summed E-state index contributed by atoms with van der Waals surface area (Å²) < 4.78 is 0. The number of nitrogens with zero attached hydrogens (tertiary/aromatic N) is 5. The van der Waals surface area contributed by atoms with Gasteiger partial charge >= 0.3 is 0 Å². The van der Waals surface area contributed by atoms with Gasteiger partial charge in [-0.2, -0.15) is 5.10 Å². The van der Waals surface area contributed by atoms with Crippen molar-refractivity contribution in [2.75, 3.05) is 13.1 Å². The first kappa shape index (κ1) is 12.0. The van der Waals surface area contributed by atoms with Crippen molar-refractivity contribution in [3.05, 3.63) is 36.3 Å². The van der Waals surface area contributed by atoms with Crippen LogP contribution >= 0.6 is 0 Å². The third-order valence-corrected chi connectivity index (χ3v) is 3.85. The van der Waals surface area contributed by atoms with Gasteiger partial charge in [0.05, 0.1) is 17.4 Å². The number of likely N-dealkylation sites (tertiary alicyclic amines) is 1. The Morgan fingerprint density at radius 2 is 2.29 bits per heavy atom. The highest BCUT2D eigenvalue weighted by molar-refractivity contribution is 6.04. The molecule has 0 radical (unpaired) electrons. The van der Waals surface area contributed by atoms with Gasteiger partial charge in [0.1, 0.15) is 12.2 Å². The standard InChI is InChI=1S/C13H13N7O/c21-13(9-1-3-14-12-10(9)15-6-16-12)20-4-2-8(5-20)11-17-7-18-19-11/h1,3,6-8H,2,4-5H2,(H,14,15,16)(H,17,18,19). The lowest BCUT2D eigenvalue weighted by atomic mass is 10.1. The van der Waals surface area contributed by atoms with Crippen LogP contribution in [0, 0.1) is 0 Å². The van der Waals surface area contributed by atoms with Crippen LogP contribution in [0.5, 0.6) is 0 Å². The molecule has 0 saturated carbocycles. The lowest BCUT2D eigenvalue weighted by Crippen LogP contribution is -2.28. The first-order valence-corrected chi connectivity index (χ1v) is 6.75. The van der Waals surface area contributed by atoms with Crippen molar-refractivity contribution in [1.29, 1.82) is 0 Å². The van der Waals surface area contributed by atoms with E-state index in [-0.39, 0.29) is 11.8 Å². The van der Waals surface area contributed by atoms with Gasteiger partial charge in [0.2, 0.25) is 0 Å². The number of imidazole rings is 1. The Bertz CT molecular complexity index is 779. The van der Waals surface area contributed by atoms with E-state index in [1.165, 1.54) is 6.33 Å². The van der Waals surface area contributed by atoms with E-state index in [9.17, 15) is 4.79 Å². The zero-order valence-electron chi connectivity index (χ0n) is 11.2. The van der Waals surface area contributed by atoms with Crippen molar-refractivity contribution in [1.82, 2.24) is 35.0 Å². The highest BCUT2D eigenvalue weighted by Crippen LogP contribution is 2.26. The highest BCUT2D eigenvalue weighted by atomic mass is 16.2. The quantitative estimate of drug-likeness (QED) is 0.720. The first-order valence-electron chi connectivity index (χ1n) is 6.75. The largest absolute Gasteiger partial charge is 0.343 e. The van der Waals surface area contributed by atoms with E-state index in [2.05, 4.69) is 30.1 Å². The molecular formula is C13H13N7O. The lowest BCUT2D eigenvalue weighted by molar-refractivity contribution is 0.0792. The molecular weight excluding hydrogens is 270 g/mol. The molecule has 0 bridgehead atoms. The molecule has 1 fully saturated rings. The number of rotatable bonds is 2. The number of pyridine rings is 1. The van der Waals surface area contributed by atoms with Crippen LogP contribution in [0.15, 0.2) is 24.9 Å². The van der Waals surface area contributed by atoms with Gasteiger partial charge in [-0.05, 0) is 12.5 Å². The topological polar surface area (TPSA) is 103 Å². The van der Waals surface area contributed by atoms with Crippen LogP contribution in [0.25, 0.3) is 11.2 Å². The molecule has 0 spiro atoms. The second kappa shape index (κ2) is 4.65. The number of hydrogen-bond donors (Lipinski definition) is 2. The van der Waals surface area contributed by atoms with Crippen LogP contribution in [-0.2, 0) is 0 Å². The second-order valence-corrected chi connectivity index (χ2v) is 5.07. The van der Waals surface area contributed by atoms with Crippen LogP contribution in [0.1, 0.15) is 28.5 Å². The summed E-state index contributed by atoms with van der Waals surface area (Å²) in [4.78, 5) is 29.9. The predicted molar refractivity (Wildman–Crippen MR) is 73.5 cm³/mol. The average Bonchev–Trinajstić information content (AvgIpc) is 3.23. The molecule has 1 aliphatic rings. The Morgan fingerprint density at radius 1 is 1.33 bits per heavy atom. The number of amides is 1. The summed E-state index contributed by atoms with van der Waals surface area (Å²) in [5.41, 5.74) is 1.85. The summed E-state index contributed by atoms with van der Waals surface area (Å²) in [6.45, 7) is 1.36. The SMILES string of the molecule is O=C(c1ccnc2nc[nH]c12)N1CCC(c2ncn[nH]2)C1. The fraction of sp³-hybridized carbons (Fsp3) is 0.308. The van der Waals surface area contributed by atoms with Gasteiger partial charge in [0, 0.05) is 25.2 Å². The molecule has 1 amide bonds. The number of nitrogens with one attached hydrogen (secondary N) is 2. The second-order valence-electron chi connectivity index (χ2n) is 5.07. The molecule has 21 heavy (non-hydrogen) atoms. The molecule has 3 aromatic rings. The number of carbonyl (C=O) groups excluding carboxylic acids is 1. The van der Waals surface area contributed by atoms with Crippen LogP contribution in [0.4, 0.5) is 0 Å². The van der Waals surface area contributed by atoms with Gasteiger partial charge in [0.25, 0.3) is 5.91 Å².